The van der Waals surface area contributed by atoms with Gasteiger partial charge in [-0.15, -0.1) is 0 Å². The molecule has 1 aliphatic rings. The SMILES string of the molecule is CCCCOC(=O)CC1c2cc(F)cc(C)c2S(=O)(=O)N1C(=O)c1ccc(C(F)(F)F)cc1. The molecule has 0 N–H and O–H groups in total. The largest absolute Gasteiger partial charge is 0.466 e. The van der Waals surface area contributed by atoms with E-state index in [0.29, 0.717) is 22.9 Å². The highest BCUT2D eigenvalue weighted by molar-refractivity contribution is 7.90. The first-order valence-corrected chi connectivity index (χ1v) is 11.5. The number of fused-ring (bicyclic) bond motifs is 1. The summed E-state index contributed by atoms with van der Waals surface area (Å²) in [5.74, 6) is -2.68. The summed E-state index contributed by atoms with van der Waals surface area (Å²) in [5.41, 5.74) is -1.39. The Balaban J connectivity index is 2.04. The van der Waals surface area contributed by atoms with Crippen molar-refractivity contribution in [2.45, 2.75) is 50.2 Å². The maximum Gasteiger partial charge on any atom is 0.416 e. The maximum absolute atomic E-state index is 14.1. The molecule has 1 aliphatic heterocycles. The zero-order chi connectivity index (χ0) is 24.6. The summed E-state index contributed by atoms with van der Waals surface area (Å²) < 4.78 is 84.7. The molecule has 1 unspecified atom stereocenters. The molecule has 0 saturated carbocycles. The monoisotopic (exact) mass is 487 g/mol. The van der Waals surface area contributed by atoms with Crippen LogP contribution in [0.2, 0.25) is 0 Å². The minimum Gasteiger partial charge on any atom is -0.466 e. The lowest BCUT2D eigenvalue weighted by Crippen LogP contribution is -2.36. The van der Waals surface area contributed by atoms with Gasteiger partial charge in [-0.2, -0.15) is 13.2 Å². The van der Waals surface area contributed by atoms with Gasteiger partial charge in [-0.1, -0.05) is 13.3 Å². The molecule has 0 spiro atoms. The molecule has 1 atom stereocenters. The van der Waals surface area contributed by atoms with E-state index in [1.54, 1.807) is 0 Å². The van der Waals surface area contributed by atoms with Crippen molar-refractivity contribution in [3.8, 4) is 0 Å². The molecular formula is C22H21F4NO5S. The Morgan fingerprint density at radius 2 is 1.76 bits per heavy atom. The molecule has 0 aliphatic carbocycles. The summed E-state index contributed by atoms with van der Waals surface area (Å²) in [6, 6.07) is 3.54. The molecule has 2 aromatic rings. The van der Waals surface area contributed by atoms with E-state index >= 15 is 0 Å². The van der Waals surface area contributed by atoms with Crippen molar-refractivity contribution < 1.29 is 40.3 Å². The van der Waals surface area contributed by atoms with Crippen LogP contribution in [0.5, 0.6) is 0 Å². The average molecular weight is 487 g/mol. The van der Waals surface area contributed by atoms with E-state index in [2.05, 4.69) is 0 Å². The van der Waals surface area contributed by atoms with Crippen LogP contribution in [-0.4, -0.2) is 31.2 Å². The lowest BCUT2D eigenvalue weighted by Gasteiger charge is -2.23. The standard InChI is InChI=1S/C22H21F4NO5S/c1-3-4-9-32-19(28)12-18-17-11-16(23)10-13(2)20(17)33(30,31)27(18)21(29)14-5-7-15(8-6-14)22(24,25)26/h5-8,10-11,18H,3-4,9,12H2,1-2H3. The van der Waals surface area contributed by atoms with Crippen LogP contribution >= 0.6 is 0 Å². The molecule has 0 saturated heterocycles. The molecule has 3 rings (SSSR count). The molecule has 11 heteroatoms. The summed E-state index contributed by atoms with van der Waals surface area (Å²) >= 11 is 0. The number of carbonyl (C=O) groups is 2. The molecule has 1 amide bonds. The normalized spacial score (nSPS) is 17.0. The molecule has 33 heavy (non-hydrogen) atoms. The Morgan fingerprint density at radius 1 is 1.12 bits per heavy atom. The number of rotatable bonds is 6. The number of aryl methyl sites for hydroxylation is 1. The van der Waals surface area contributed by atoms with E-state index in [4.69, 9.17) is 4.74 Å². The number of ether oxygens (including phenoxy) is 1. The lowest BCUT2D eigenvalue weighted by atomic mass is 10.0. The second kappa shape index (κ2) is 9.12. The number of unbranched alkanes of at least 4 members (excludes halogenated alkanes) is 1. The number of hydrogen-bond donors (Lipinski definition) is 0. The molecule has 0 aromatic heterocycles. The van der Waals surface area contributed by atoms with Gasteiger partial charge in [-0.3, -0.25) is 9.59 Å². The van der Waals surface area contributed by atoms with Crippen LogP contribution in [0.25, 0.3) is 0 Å². The third-order valence-corrected chi connectivity index (χ3v) is 7.22. The zero-order valence-electron chi connectivity index (χ0n) is 17.8. The lowest BCUT2D eigenvalue weighted by molar-refractivity contribution is -0.144. The summed E-state index contributed by atoms with van der Waals surface area (Å²) in [5, 5.41) is 0. The topological polar surface area (TPSA) is 80.8 Å². The molecule has 1 heterocycles. The Hall–Kier alpha value is -2.95. The first-order chi connectivity index (χ1) is 15.4. The second-order valence-electron chi connectivity index (χ2n) is 7.62. The Bertz CT molecular complexity index is 1180. The number of alkyl halides is 3. The molecule has 6 nitrogen and oxygen atoms in total. The fourth-order valence-electron chi connectivity index (χ4n) is 3.67. The van der Waals surface area contributed by atoms with Crippen molar-refractivity contribution >= 4 is 21.9 Å². The minimum absolute atomic E-state index is 0.0390. The van der Waals surface area contributed by atoms with Crippen molar-refractivity contribution in [1.29, 1.82) is 0 Å². The van der Waals surface area contributed by atoms with Crippen LogP contribution in [-0.2, 0) is 25.7 Å². The van der Waals surface area contributed by atoms with Gasteiger partial charge >= 0.3 is 12.1 Å². The quantitative estimate of drug-likeness (QED) is 0.333. The van der Waals surface area contributed by atoms with Gasteiger partial charge in [-0.05, 0) is 55.3 Å². The molecule has 178 valence electrons. The maximum atomic E-state index is 14.1. The highest BCUT2D eigenvalue weighted by Crippen LogP contribution is 2.44. The van der Waals surface area contributed by atoms with E-state index < -0.39 is 51.9 Å². The molecule has 0 fully saturated rings. The third-order valence-electron chi connectivity index (χ3n) is 5.21. The average Bonchev–Trinajstić information content (AvgIpc) is 2.93. The number of esters is 1. The number of halogens is 4. The summed E-state index contributed by atoms with van der Waals surface area (Å²) in [6.07, 6.45) is -3.88. The van der Waals surface area contributed by atoms with Gasteiger partial charge < -0.3 is 4.74 Å². The van der Waals surface area contributed by atoms with Crippen molar-refractivity contribution in [3.05, 3.63) is 64.5 Å². The second-order valence-corrected chi connectivity index (χ2v) is 9.37. The van der Waals surface area contributed by atoms with Crippen molar-refractivity contribution in [2.24, 2.45) is 0 Å². The molecule has 0 radical (unpaired) electrons. The van der Waals surface area contributed by atoms with E-state index in [1.165, 1.54) is 6.92 Å². The van der Waals surface area contributed by atoms with Crippen LogP contribution in [0.3, 0.4) is 0 Å². The Morgan fingerprint density at radius 3 is 2.33 bits per heavy atom. The first-order valence-electron chi connectivity index (χ1n) is 10.1. The fraction of sp³-hybridized carbons (Fsp3) is 0.364. The van der Waals surface area contributed by atoms with Crippen molar-refractivity contribution in [2.75, 3.05) is 6.61 Å². The number of hydrogen-bond acceptors (Lipinski definition) is 5. The summed E-state index contributed by atoms with van der Waals surface area (Å²) in [4.78, 5) is 25.2. The van der Waals surface area contributed by atoms with Gasteiger partial charge in [0.2, 0.25) is 0 Å². The van der Waals surface area contributed by atoms with Gasteiger partial charge in [-0.25, -0.2) is 17.1 Å². The number of amides is 1. The van der Waals surface area contributed by atoms with Crippen LogP contribution in [0.1, 0.15) is 59.3 Å². The first kappa shape index (κ1) is 24.7. The number of nitrogens with zero attached hydrogens (tertiary/aromatic N) is 1. The highest BCUT2D eigenvalue weighted by atomic mass is 32.2. The summed E-state index contributed by atoms with van der Waals surface area (Å²) in [7, 11) is -4.51. The predicted octanol–water partition coefficient (Wildman–Crippen LogP) is 4.77. The van der Waals surface area contributed by atoms with Gasteiger partial charge in [0.05, 0.1) is 29.5 Å². The van der Waals surface area contributed by atoms with Gasteiger partial charge in [0.15, 0.2) is 0 Å². The highest BCUT2D eigenvalue weighted by Gasteiger charge is 2.48. The molecule has 0 bridgehead atoms. The van der Waals surface area contributed by atoms with Crippen molar-refractivity contribution in [1.82, 2.24) is 4.31 Å². The van der Waals surface area contributed by atoms with E-state index in [9.17, 15) is 35.6 Å². The smallest absolute Gasteiger partial charge is 0.416 e. The number of carbonyl (C=O) groups excluding carboxylic acids is 2. The van der Waals surface area contributed by atoms with Crippen molar-refractivity contribution in [3.63, 3.8) is 0 Å². The predicted molar refractivity (Wildman–Crippen MR) is 109 cm³/mol. The zero-order valence-corrected chi connectivity index (χ0v) is 18.6. The third kappa shape index (κ3) is 4.87. The summed E-state index contributed by atoms with van der Waals surface area (Å²) in [6.45, 7) is 3.32. The van der Waals surface area contributed by atoms with Gasteiger partial charge in [0, 0.05) is 11.1 Å². The van der Waals surface area contributed by atoms with E-state index in [0.717, 1.165) is 30.7 Å². The Kier molecular flexibility index (Phi) is 6.83. The number of benzene rings is 2. The Labute approximate surface area is 188 Å². The number of sulfonamides is 1. The van der Waals surface area contributed by atoms with Gasteiger partial charge in [0.1, 0.15) is 5.82 Å². The fourth-order valence-corrected chi connectivity index (χ4v) is 5.67. The molecular weight excluding hydrogens is 466 g/mol. The van der Waals surface area contributed by atoms with Crippen LogP contribution < -0.4 is 0 Å². The van der Waals surface area contributed by atoms with E-state index in [1.807, 2.05) is 6.92 Å². The van der Waals surface area contributed by atoms with E-state index in [-0.39, 0.29) is 28.2 Å². The van der Waals surface area contributed by atoms with Crippen LogP contribution in [0.15, 0.2) is 41.3 Å². The molecule has 2 aromatic carbocycles. The van der Waals surface area contributed by atoms with Crippen LogP contribution in [0.4, 0.5) is 17.6 Å². The minimum atomic E-state index is -4.64. The van der Waals surface area contributed by atoms with Crippen LogP contribution in [0, 0.1) is 12.7 Å². The van der Waals surface area contributed by atoms with Gasteiger partial charge in [0.25, 0.3) is 15.9 Å².